The van der Waals surface area contributed by atoms with E-state index in [1.807, 2.05) is 0 Å². The SMILES string of the molecule is CCC(CC)N1C(=O)C(F)(F)C(F)(F)C(F)(F)C1=O. The maximum Gasteiger partial charge on any atom is 0.393 e. The van der Waals surface area contributed by atoms with Gasteiger partial charge in [0.15, 0.2) is 0 Å². The molecule has 0 aromatic heterocycles. The van der Waals surface area contributed by atoms with Crippen molar-refractivity contribution in [1.82, 2.24) is 4.90 Å². The highest BCUT2D eigenvalue weighted by atomic mass is 19.3. The first-order valence-corrected chi connectivity index (χ1v) is 5.48. The molecule has 1 fully saturated rings. The Balaban J connectivity index is 3.40. The van der Waals surface area contributed by atoms with Crippen LogP contribution in [0.15, 0.2) is 0 Å². The number of rotatable bonds is 3. The minimum absolute atomic E-state index is 0.0916. The minimum Gasteiger partial charge on any atom is -0.269 e. The summed E-state index contributed by atoms with van der Waals surface area (Å²) < 4.78 is 78.5. The first kappa shape index (κ1) is 15.8. The molecule has 19 heavy (non-hydrogen) atoms. The van der Waals surface area contributed by atoms with Crippen LogP contribution in [0.1, 0.15) is 26.7 Å². The summed E-state index contributed by atoms with van der Waals surface area (Å²) in [6.45, 7) is 2.72. The smallest absolute Gasteiger partial charge is 0.269 e. The molecule has 0 unspecified atom stereocenters. The second-order valence-electron chi connectivity index (χ2n) is 4.17. The van der Waals surface area contributed by atoms with Gasteiger partial charge in [0.25, 0.3) is 0 Å². The molecule has 3 nitrogen and oxygen atoms in total. The molecule has 110 valence electrons. The maximum absolute atomic E-state index is 13.2. The molecule has 0 saturated carbocycles. The van der Waals surface area contributed by atoms with Gasteiger partial charge >= 0.3 is 29.6 Å². The molecule has 0 aromatic carbocycles. The number of piperidine rings is 1. The summed E-state index contributed by atoms with van der Waals surface area (Å²) in [5, 5.41) is 0. The van der Waals surface area contributed by atoms with Crippen LogP contribution >= 0.6 is 0 Å². The van der Waals surface area contributed by atoms with Crippen molar-refractivity contribution in [3.05, 3.63) is 0 Å². The van der Waals surface area contributed by atoms with Crippen LogP contribution in [0, 0.1) is 0 Å². The van der Waals surface area contributed by atoms with Crippen LogP contribution < -0.4 is 0 Å². The van der Waals surface area contributed by atoms with Crippen molar-refractivity contribution in [1.29, 1.82) is 0 Å². The second kappa shape index (κ2) is 4.38. The number of halogens is 6. The van der Waals surface area contributed by atoms with Crippen molar-refractivity contribution in [3.8, 4) is 0 Å². The van der Waals surface area contributed by atoms with Crippen LogP contribution in [0.4, 0.5) is 26.3 Å². The predicted octanol–water partition coefficient (Wildman–Crippen LogP) is 2.45. The lowest BCUT2D eigenvalue weighted by molar-refractivity contribution is -0.307. The Labute approximate surface area is 104 Å². The topological polar surface area (TPSA) is 37.4 Å². The van der Waals surface area contributed by atoms with Crippen molar-refractivity contribution in [2.75, 3.05) is 0 Å². The summed E-state index contributed by atoms with van der Waals surface area (Å²) in [5.41, 5.74) is 0. The first-order valence-electron chi connectivity index (χ1n) is 5.48. The molecule has 1 saturated heterocycles. The van der Waals surface area contributed by atoms with Crippen molar-refractivity contribution >= 4 is 11.8 Å². The fourth-order valence-corrected chi connectivity index (χ4v) is 1.85. The molecule has 0 atom stereocenters. The zero-order valence-electron chi connectivity index (χ0n) is 10.0. The van der Waals surface area contributed by atoms with Gasteiger partial charge in [-0.2, -0.15) is 26.3 Å². The number of nitrogens with zero attached hydrogens (tertiary/aromatic N) is 1. The van der Waals surface area contributed by atoms with Crippen LogP contribution in [0.25, 0.3) is 0 Å². The third-order valence-electron chi connectivity index (χ3n) is 3.07. The van der Waals surface area contributed by atoms with Gasteiger partial charge in [-0.3, -0.25) is 14.5 Å². The van der Waals surface area contributed by atoms with Gasteiger partial charge in [-0.15, -0.1) is 0 Å². The van der Waals surface area contributed by atoms with E-state index in [1.165, 1.54) is 13.8 Å². The molecule has 0 aliphatic carbocycles. The van der Waals surface area contributed by atoms with Gasteiger partial charge < -0.3 is 0 Å². The van der Waals surface area contributed by atoms with E-state index in [0.29, 0.717) is 0 Å². The molecule has 9 heteroatoms. The number of carbonyl (C=O) groups is 2. The molecule has 0 N–H and O–H groups in total. The fourth-order valence-electron chi connectivity index (χ4n) is 1.85. The lowest BCUT2D eigenvalue weighted by atomic mass is 9.94. The van der Waals surface area contributed by atoms with Gasteiger partial charge in [-0.05, 0) is 12.8 Å². The molecule has 0 bridgehead atoms. The zero-order valence-corrected chi connectivity index (χ0v) is 10.0. The summed E-state index contributed by atoms with van der Waals surface area (Å²) in [6.07, 6.45) is -0.183. The van der Waals surface area contributed by atoms with Crippen LogP contribution in [0.5, 0.6) is 0 Å². The van der Waals surface area contributed by atoms with Gasteiger partial charge in [0, 0.05) is 6.04 Å². The highest BCUT2D eigenvalue weighted by Gasteiger charge is 2.83. The Morgan fingerprint density at radius 1 is 0.895 bits per heavy atom. The van der Waals surface area contributed by atoms with Crippen LogP contribution in [-0.2, 0) is 9.59 Å². The number of amides is 2. The molecule has 2 amide bonds. The molecule has 1 rings (SSSR count). The average Bonchev–Trinajstić information content (AvgIpc) is 2.32. The lowest BCUT2D eigenvalue weighted by Crippen LogP contribution is -2.74. The minimum atomic E-state index is -6.03. The van der Waals surface area contributed by atoms with E-state index in [9.17, 15) is 35.9 Å². The van der Waals surface area contributed by atoms with E-state index in [2.05, 4.69) is 0 Å². The first-order chi connectivity index (χ1) is 8.46. The Bertz CT molecular complexity index is 375. The quantitative estimate of drug-likeness (QED) is 0.591. The van der Waals surface area contributed by atoms with E-state index in [0.717, 1.165) is 0 Å². The maximum atomic E-state index is 13.2. The highest BCUT2D eigenvalue weighted by Crippen LogP contribution is 2.51. The fraction of sp³-hybridized carbons (Fsp3) is 0.800. The molecule has 1 aliphatic rings. The molecule has 0 spiro atoms. The van der Waals surface area contributed by atoms with Crippen LogP contribution in [0.3, 0.4) is 0 Å². The van der Waals surface area contributed by atoms with Gasteiger partial charge in [0.2, 0.25) is 0 Å². The summed E-state index contributed by atoms with van der Waals surface area (Å²) in [4.78, 5) is 22.1. The summed E-state index contributed by atoms with van der Waals surface area (Å²) in [5.74, 6) is -22.4. The van der Waals surface area contributed by atoms with Crippen molar-refractivity contribution in [2.24, 2.45) is 0 Å². The lowest BCUT2D eigenvalue weighted by Gasteiger charge is -2.42. The van der Waals surface area contributed by atoms with E-state index < -0.39 is 40.5 Å². The monoisotopic (exact) mass is 291 g/mol. The largest absolute Gasteiger partial charge is 0.393 e. The molecule has 0 radical (unpaired) electrons. The molecular weight excluding hydrogens is 280 g/mol. The number of carbonyl (C=O) groups excluding carboxylic acids is 2. The van der Waals surface area contributed by atoms with E-state index in [4.69, 9.17) is 0 Å². The van der Waals surface area contributed by atoms with Crippen molar-refractivity contribution in [2.45, 2.75) is 50.5 Å². The Morgan fingerprint density at radius 2 is 1.21 bits per heavy atom. The Morgan fingerprint density at radius 3 is 1.47 bits per heavy atom. The number of alkyl halides is 6. The summed E-state index contributed by atoms with van der Waals surface area (Å²) in [7, 11) is 0. The van der Waals surface area contributed by atoms with Gasteiger partial charge in [-0.25, -0.2) is 0 Å². The summed E-state index contributed by atoms with van der Waals surface area (Å²) >= 11 is 0. The molecular formula is C10H11F6NO2. The highest BCUT2D eigenvalue weighted by molar-refractivity contribution is 6.06. The van der Waals surface area contributed by atoms with Crippen LogP contribution in [-0.4, -0.2) is 40.5 Å². The van der Waals surface area contributed by atoms with E-state index in [-0.39, 0.29) is 12.8 Å². The third kappa shape index (κ3) is 1.81. The van der Waals surface area contributed by atoms with Crippen molar-refractivity contribution < 1.29 is 35.9 Å². The average molecular weight is 291 g/mol. The molecule has 1 heterocycles. The van der Waals surface area contributed by atoms with Gasteiger partial charge in [-0.1, -0.05) is 13.8 Å². The predicted molar refractivity (Wildman–Crippen MR) is 51.1 cm³/mol. The van der Waals surface area contributed by atoms with Crippen LogP contribution in [0.2, 0.25) is 0 Å². The third-order valence-corrected chi connectivity index (χ3v) is 3.07. The van der Waals surface area contributed by atoms with E-state index in [1.54, 1.807) is 0 Å². The summed E-state index contributed by atoms with van der Waals surface area (Å²) in [6, 6.07) is -1.27. The zero-order chi connectivity index (χ0) is 15.2. The van der Waals surface area contributed by atoms with Crippen molar-refractivity contribution in [3.63, 3.8) is 0 Å². The normalized spacial score (nSPS) is 25.0. The van der Waals surface area contributed by atoms with Gasteiger partial charge in [0.1, 0.15) is 0 Å². The number of hydrogen-bond donors (Lipinski definition) is 0. The standard InChI is InChI=1S/C10H11F6NO2/c1-3-5(4-2)17-6(18)8(11,12)10(15,16)9(13,14)7(17)19/h5H,3-4H2,1-2H3. The molecule has 1 aliphatic heterocycles. The number of imide groups is 1. The Hall–Kier alpha value is -1.28. The number of hydrogen-bond acceptors (Lipinski definition) is 2. The number of likely N-dealkylation sites (tertiary alicyclic amines) is 1. The van der Waals surface area contributed by atoms with Gasteiger partial charge in [0.05, 0.1) is 0 Å². The second-order valence-corrected chi connectivity index (χ2v) is 4.17. The molecule has 0 aromatic rings. The Kier molecular flexibility index (Phi) is 3.64. The van der Waals surface area contributed by atoms with E-state index >= 15 is 0 Å².